The van der Waals surface area contributed by atoms with Crippen molar-refractivity contribution in [1.29, 1.82) is 0 Å². The molecule has 1 aromatic heterocycles. The maximum Gasteiger partial charge on any atom is 0.265 e. The van der Waals surface area contributed by atoms with Gasteiger partial charge >= 0.3 is 0 Å². The number of carbonyl (C=O) groups is 3. The number of alkyl halides is 2. The Bertz CT molecular complexity index is 1210. The van der Waals surface area contributed by atoms with Crippen LogP contribution in [0.1, 0.15) is 55.3 Å². The lowest BCUT2D eigenvalue weighted by Gasteiger charge is -2.36. The van der Waals surface area contributed by atoms with E-state index in [1.54, 1.807) is 12.1 Å². The minimum atomic E-state index is -2.88. The molecule has 2 aromatic rings. The number of ether oxygens (including phenoxy) is 1. The highest BCUT2D eigenvalue weighted by molar-refractivity contribution is 7.18. The van der Waals surface area contributed by atoms with E-state index in [1.165, 1.54) is 23.1 Å². The summed E-state index contributed by atoms with van der Waals surface area (Å²) in [5.74, 6) is -1.17. The zero-order valence-electron chi connectivity index (χ0n) is 22.1. The Morgan fingerprint density at radius 2 is 1.97 bits per heavy atom. The fourth-order valence-corrected chi connectivity index (χ4v) is 5.50. The third-order valence-electron chi connectivity index (χ3n) is 6.45. The van der Waals surface area contributed by atoms with Crippen LogP contribution in [0.3, 0.4) is 0 Å². The average Bonchev–Trinajstić information content (AvgIpc) is 3.62. The zero-order chi connectivity index (χ0) is 28.3. The first kappa shape index (κ1) is 29.4. The van der Waals surface area contributed by atoms with Gasteiger partial charge in [0.2, 0.25) is 5.91 Å². The number of hydrogen-bond acceptors (Lipinski definition) is 6. The Kier molecular flexibility index (Phi) is 9.25. The van der Waals surface area contributed by atoms with Crippen molar-refractivity contribution in [3.63, 3.8) is 0 Å². The number of amides is 3. The molecule has 1 atom stereocenters. The highest BCUT2D eigenvalue weighted by Crippen LogP contribution is 2.34. The molecule has 0 radical (unpaired) electrons. The van der Waals surface area contributed by atoms with E-state index in [0.717, 1.165) is 24.2 Å². The Balaban J connectivity index is 1.57. The summed E-state index contributed by atoms with van der Waals surface area (Å²) in [4.78, 5) is 42.5. The summed E-state index contributed by atoms with van der Waals surface area (Å²) in [7, 11) is 0. The van der Waals surface area contributed by atoms with Crippen LogP contribution in [-0.2, 0) is 14.3 Å². The van der Waals surface area contributed by atoms with E-state index >= 15 is 0 Å². The number of hydrogen-bond donors (Lipinski definition) is 2. The molecule has 2 N–H and O–H groups in total. The fourth-order valence-electron chi connectivity index (χ4n) is 4.54. The summed E-state index contributed by atoms with van der Waals surface area (Å²) in [5.41, 5.74) is -0.244. The third-order valence-corrected chi connectivity index (χ3v) is 7.68. The molecule has 3 amide bonds. The predicted octanol–water partition coefficient (Wildman–Crippen LogP) is 4.95. The maximum atomic E-state index is 14.1. The van der Waals surface area contributed by atoms with E-state index in [-0.39, 0.29) is 54.2 Å². The molecule has 1 saturated carbocycles. The number of morpholine rings is 1. The molecule has 2 fully saturated rings. The average molecular weight is 583 g/mol. The Hall–Kier alpha value is -2.60. The number of nitrogens with zero attached hydrogens (tertiary/aromatic N) is 2. The number of carbonyl (C=O) groups excluding carboxylic acids is 3. The smallest absolute Gasteiger partial charge is 0.265 e. The second kappa shape index (κ2) is 12.3. The summed E-state index contributed by atoms with van der Waals surface area (Å²) in [6.45, 7) is 7.21. The molecule has 1 saturated heterocycles. The number of benzene rings is 1. The van der Waals surface area contributed by atoms with Crippen LogP contribution in [0.2, 0.25) is 4.34 Å². The molecule has 212 valence electrons. The molecule has 1 aromatic carbocycles. The Labute approximate surface area is 235 Å². The van der Waals surface area contributed by atoms with Crippen LogP contribution in [0, 0.1) is 5.41 Å². The zero-order valence-corrected chi connectivity index (χ0v) is 23.7. The number of halogens is 3. The quantitative estimate of drug-likeness (QED) is 0.414. The van der Waals surface area contributed by atoms with Gasteiger partial charge in [-0.25, -0.2) is 8.78 Å². The number of anilines is 2. The van der Waals surface area contributed by atoms with Gasteiger partial charge in [-0.1, -0.05) is 32.4 Å². The minimum absolute atomic E-state index is 0.00284. The van der Waals surface area contributed by atoms with Gasteiger partial charge in [-0.2, -0.15) is 0 Å². The van der Waals surface area contributed by atoms with Gasteiger partial charge < -0.3 is 20.3 Å². The van der Waals surface area contributed by atoms with Crippen LogP contribution in [0.25, 0.3) is 0 Å². The number of thiophene rings is 1. The van der Waals surface area contributed by atoms with Crippen molar-refractivity contribution >= 4 is 52.0 Å². The summed E-state index contributed by atoms with van der Waals surface area (Å²) in [6.07, 6.45) is -1.05. The summed E-state index contributed by atoms with van der Waals surface area (Å²) in [6, 6.07) is 6.78. The summed E-state index contributed by atoms with van der Waals surface area (Å²) >= 11 is 7.10. The molecular formula is C27H33ClF2N4O4S. The van der Waals surface area contributed by atoms with Crippen LogP contribution in [0.5, 0.6) is 0 Å². The van der Waals surface area contributed by atoms with E-state index in [0.29, 0.717) is 28.1 Å². The second-order valence-electron chi connectivity index (χ2n) is 11.0. The molecule has 2 heterocycles. The van der Waals surface area contributed by atoms with Crippen LogP contribution >= 0.6 is 22.9 Å². The van der Waals surface area contributed by atoms with Crippen molar-refractivity contribution in [2.24, 2.45) is 5.41 Å². The summed E-state index contributed by atoms with van der Waals surface area (Å²) in [5, 5.41) is 5.52. The molecule has 0 bridgehead atoms. The normalized spacial score (nSPS) is 17.0. The van der Waals surface area contributed by atoms with Gasteiger partial charge in [-0.3, -0.25) is 19.3 Å². The molecule has 0 unspecified atom stereocenters. The second-order valence-corrected chi connectivity index (χ2v) is 12.7. The van der Waals surface area contributed by atoms with Crippen molar-refractivity contribution < 1.29 is 27.9 Å². The first-order chi connectivity index (χ1) is 18.4. The monoisotopic (exact) mass is 582 g/mol. The van der Waals surface area contributed by atoms with Crippen molar-refractivity contribution in [1.82, 2.24) is 10.2 Å². The minimum Gasteiger partial charge on any atom is -0.370 e. The van der Waals surface area contributed by atoms with Crippen molar-refractivity contribution in [2.45, 2.75) is 52.1 Å². The molecule has 2 aliphatic rings. The summed E-state index contributed by atoms with van der Waals surface area (Å²) < 4.78 is 33.9. The molecule has 0 spiro atoms. The van der Waals surface area contributed by atoms with Gasteiger partial charge in [-0.05, 0) is 48.6 Å². The topological polar surface area (TPSA) is 91.0 Å². The third kappa shape index (κ3) is 7.75. The Morgan fingerprint density at radius 3 is 2.56 bits per heavy atom. The van der Waals surface area contributed by atoms with Crippen LogP contribution in [-0.4, -0.2) is 67.6 Å². The highest BCUT2D eigenvalue weighted by Gasteiger charge is 2.39. The molecular weight excluding hydrogens is 550 g/mol. The standard InChI is InChI=1S/C27H33ClF2N4O4S/c1-27(2,3)15-34(16-4-5-16)20(13-31-26(37)21-8-9-22(28)39-21)25(36)32-19-7-6-17(12-18(19)24(29)30)33-10-11-38-14-23(33)35/h6-9,12,16,20,24H,4-5,10-11,13-15H2,1-3H3,(H,31,37)(H,32,36)/t20-/m0/s1. The van der Waals surface area contributed by atoms with Gasteiger partial charge in [0.05, 0.1) is 15.8 Å². The van der Waals surface area contributed by atoms with E-state index in [2.05, 4.69) is 36.3 Å². The highest BCUT2D eigenvalue weighted by atomic mass is 35.5. The molecule has 39 heavy (non-hydrogen) atoms. The van der Waals surface area contributed by atoms with Crippen LogP contribution in [0.4, 0.5) is 20.2 Å². The largest absolute Gasteiger partial charge is 0.370 e. The van der Waals surface area contributed by atoms with Crippen LogP contribution in [0.15, 0.2) is 30.3 Å². The van der Waals surface area contributed by atoms with Gasteiger partial charge in [0.1, 0.15) is 12.6 Å². The van der Waals surface area contributed by atoms with Gasteiger partial charge in [0.25, 0.3) is 18.2 Å². The fraction of sp³-hybridized carbons (Fsp3) is 0.519. The van der Waals surface area contributed by atoms with Gasteiger partial charge in [0.15, 0.2) is 0 Å². The molecule has 1 aliphatic heterocycles. The van der Waals surface area contributed by atoms with Gasteiger partial charge in [0, 0.05) is 42.6 Å². The van der Waals surface area contributed by atoms with Crippen molar-refractivity contribution in [3.05, 3.63) is 45.1 Å². The van der Waals surface area contributed by atoms with E-state index in [1.807, 2.05) is 0 Å². The van der Waals surface area contributed by atoms with E-state index in [9.17, 15) is 23.2 Å². The lowest BCUT2D eigenvalue weighted by Crippen LogP contribution is -2.53. The Morgan fingerprint density at radius 1 is 1.23 bits per heavy atom. The first-order valence-corrected chi connectivity index (χ1v) is 14.0. The lowest BCUT2D eigenvalue weighted by atomic mass is 9.94. The van der Waals surface area contributed by atoms with E-state index < -0.39 is 18.4 Å². The number of rotatable bonds is 10. The molecule has 12 heteroatoms. The number of nitrogens with one attached hydrogen (secondary N) is 2. The maximum absolute atomic E-state index is 14.1. The first-order valence-electron chi connectivity index (χ1n) is 12.8. The lowest BCUT2D eigenvalue weighted by molar-refractivity contribution is -0.125. The predicted molar refractivity (Wildman–Crippen MR) is 148 cm³/mol. The van der Waals surface area contributed by atoms with E-state index in [4.69, 9.17) is 16.3 Å². The molecule has 1 aliphatic carbocycles. The molecule has 4 rings (SSSR count). The van der Waals surface area contributed by atoms with Crippen molar-refractivity contribution in [3.8, 4) is 0 Å². The van der Waals surface area contributed by atoms with Crippen LogP contribution < -0.4 is 15.5 Å². The molecule has 8 nitrogen and oxygen atoms in total. The SMILES string of the molecule is CC(C)(C)CN(C1CC1)[C@@H](CNC(=O)c1ccc(Cl)s1)C(=O)Nc1ccc(N2CCOCC2=O)cc1C(F)F. The van der Waals surface area contributed by atoms with Gasteiger partial charge in [-0.15, -0.1) is 11.3 Å². The van der Waals surface area contributed by atoms with Crippen molar-refractivity contribution in [2.75, 3.05) is 43.1 Å².